The molecule has 0 unspecified atom stereocenters. The third-order valence-corrected chi connectivity index (χ3v) is 6.35. The first-order chi connectivity index (χ1) is 14.9. The molecule has 1 amide bonds. The summed E-state index contributed by atoms with van der Waals surface area (Å²) in [6.07, 6.45) is 1.45. The molecular formula is C22H20ClN3O4S. The van der Waals surface area contributed by atoms with E-state index < -0.39 is 22.5 Å². The molecule has 0 aliphatic carbocycles. The molecule has 0 fully saturated rings. The van der Waals surface area contributed by atoms with Crippen LogP contribution in [0.1, 0.15) is 5.56 Å². The van der Waals surface area contributed by atoms with E-state index in [2.05, 4.69) is 10.5 Å². The van der Waals surface area contributed by atoms with Crippen molar-refractivity contribution in [2.24, 2.45) is 5.10 Å². The predicted molar refractivity (Wildman–Crippen MR) is 121 cm³/mol. The van der Waals surface area contributed by atoms with E-state index in [1.807, 2.05) is 0 Å². The number of anilines is 1. The van der Waals surface area contributed by atoms with Gasteiger partial charge in [-0.2, -0.15) is 5.10 Å². The summed E-state index contributed by atoms with van der Waals surface area (Å²) in [6, 6.07) is 21.3. The Bertz CT molecular complexity index is 1170. The molecule has 0 aromatic heterocycles. The molecule has 0 radical (unpaired) electrons. The van der Waals surface area contributed by atoms with Gasteiger partial charge in [-0.15, -0.1) is 0 Å². The quantitative estimate of drug-likeness (QED) is 0.412. The Morgan fingerprint density at radius 2 is 1.68 bits per heavy atom. The summed E-state index contributed by atoms with van der Waals surface area (Å²) in [5, 5.41) is 4.11. The molecule has 7 nitrogen and oxygen atoms in total. The minimum Gasteiger partial charge on any atom is -0.497 e. The molecule has 0 bridgehead atoms. The lowest BCUT2D eigenvalue weighted by Gasteiger charge is -2.24. The second-order valence-electron chi connectivity index (χ2n) is 6.34. The Morgan fingerprint density at radius 1 is 1.03 bits per heavy atom. The molecule has 0 aliphatic heterocycles. The van der Waals surface area contributed by atoms with Crippen LogP contribution in [-0.2, 0) is 14.8 Å². The van der Waals surface area contributed by atoms with Gasteiger partial charge in [-0.1, -0.05) is 41.9 Å². The molecule has 0 saturated carbocycles. The highest BCUT2D eigenvalue weighted by Crippen LogP contribution is 2.30. The number of sulfonamides is 1. The number of nitrogens with zero attached hydrogens (tertiary/aromatic N) is 2. The van der Waals surface area contributed by atoms with Gasteiger partial charge in [0.2, 0.25) is 0 Å². The van der Waals surface area contributed by atoms with Crippen molar-refractivity contribution >= 4 is 39.4 Å². The molecule has 0 heterocycles. The van der Waals surface area contributed by atoms with Crippen molar-refractivity contribution in [1.82, 2.24) is 5.43 Å². The van der Waals surface area contributed by atoms with Crippen molar-refractivity contribution in [1.29, 1.82) is 0 Å². The van der Waals surface area contributed by atoms with Crippen LogP contribution in [0.5, 0.6) is 5.75 Å². The number of carbonyl (C=O) groups excluding carboxylic acids is 1. The molecule has 1 N–H and O–H groups in total. The van der Waals surface area contributed by atoms with Crippen molar-refractivity contribution < 1.29 is 17.9 Å². The van der Waals surface area contributed by atoms with Crippen LogP contribution in [0.3, 0.4) is 0 Å². The second kappa shape index (κ2) is 10.1. The normalized spacial score (nSPS) is 11.3. The van der Waals surface area contributed by atoms with Gasteiger partial charge in [0.05, 0.1) is 28.9 Å². The zero-order valence-electron chi connectivity index (χ0n) is 16.6. The van der Waals surface area contributed by atoms with Gasteiger partial charge in [0.1, 0.15) is 12.3 Å². The van der Waals surface area contributed by atoms with E-state index in [0.717, 1.165) is 9.87 Å². The number of carbonyl (C=O) groups is 1. The Kier molecular flexibility index (Phi) is 7.28. The number of amides is 1. The molecule has 0 atom stereocenters. The summed E-state index contributed by atoms with van der Waals surface area (Å²) >= 11 is 6.23. The number of para-hydroxylation sites is 1. The van der Waals surface area contributed by atoms with Gasteiger partial charge >= 0.3 is 0 Å². The van der Waals surface area contributed by atoms with Crippen molar-refractivity contribution in [2.45, 2.75) is 4.90 Å². The minimum atomic E-state index is -4.03. The summed E-state index contributed by atoms with van der Waals surface area (Å²) in [5.74, 6) is 0.0758. The Balaban J connectivity index is 1.81. The Hall–Kier alpha value is -3.36. The summed E-state index contributed by atoms with van der Waals surface area (Å²) in [4.78, 5) is 12.6. The van der Waals surface area contributed by atoms with Crippen molar-refractivity contribution in [3.8, 4) is 5.75 Å². The van der Waals surface area contributed by atoms with E-state index >= 15 is 0 Å². The van der Waals surface area contributed by atoms with E-state index in [0.29, 0.717) is 5.75 Å². The van der Waals surface area contributed by atoms with Gasteiger partial charge in [-0.3, -0.25) is 9.10 Å². The summed E-state index contributed by atoms with van der Waals surface area (Å²) in [6.45, 7) is -0.499. The van der Waals surface area contributed by atoms with Gasteiger partial charge in [0.15, 0.2) is 0 Å². The van der Waals surface area contributed by atoms with Gasteiger partial charge < -0.3 is 4.74 Å². The van der Waals surface area contributed by atoms with Crippen LogP contribution >= 0.6 is 11.6 Å². The number of nitrogens with one attached hydrogen (secondary N) is 1. The van der Waals surface area contributed by atoms with E-state index in [1.165, 1.54) is 24.4 Å². The smallest absolute Gasteiger partial charge is 0.264 e. The largest absolute Gasteiger partial charge is 0.497 e. The topological polar surface area (TPSA) is 88.1 Å². The van der Waals surface area contributed by atoms with Crippen LogP contribution in [0.4, 0.5) is 5.69 Å². The monoisotopic (exact) mass is 457 g/mol. The van der Waals surface area contributed by atoms with Crippen LogP contribution < -0.4 is 14.5 Å². The van der Waals surface area contributed by atoms with Gasteiger partial charge in [0, 0.05) is 0 Å². The lowest BCUT2D eigenvalue weighted by molar-refractivity contribution is -0.119. The van der Waals surface area contributed by atoms with E-state index in [1.54, 1.807) is 67.8 Å². The van der Waals surface area contributed by atoms with E-state index in [9.17, 15) is 13.2 Å². The highest BCUT2D eigenvalue weighted by Gasteiger charge is 2.28. The number of hydrogen-bond acceptors (Lipinski definition) is 5. The molecule has 3 rings (SSSR count). The summed E-state index contributed by atoms with van der Waals surface area (Å²) in [7, 11) is -2.47. The van der Waals surface area contributed by atoms with E-state index in [-0.39, 0.29) is 15.6 Å². The van der Waals surface area contributed by atoms with Crippen LogP contribution in [-0.4, -0.2) is 34.2 Å². The SMILES string of the molecule is COc1ccc(/C=N\NC(=O)CN(c2ccccc2Cl)S(=O)(=O)c2ccccc2)cc1. The molecular weight excluding hydrogens is 438 g/mol. The first-order valence-electron chi connectivity index (χ1n) is 9.20. The maximum absolute atomic E-state index is 13.2. The number of hydrazone groups is 1. The first-order valence-corrected chi connectivity index (χ1v) is 11.0. The lowest BCUT2D eigenvalue weighted by Crippen LogP contribution is -2.39. The maximum atomic E-state index is 13.2. The molecule has 0 aliphatic rings. The Labute approximate surface area is 186 Å². The van der Waals surface area contributed by atoms with Crippen LogP contribution in [0, 0.1) is 0 Å². The standard InChI is InChI=1S/C22H20ClN3O4S/c1-30-18-13-11-17(12-14-18)15-24-25-22(27)16-26(21-10-6-5-9-20(21)23)31(28,29)19-7-3-2-4-8-19/h2-15H,16H2,1H3,(H,25,27)/b24-15-. The molecule has 3 aromatic rings. The number of methoxy groups -OCH3 is 1. The maximum Gasteiger partial charge on any atom is 0.264 e. The second-order valence-corrected chi connectivity index (χ2v) is 8.61. The number of hydrogen-bond donors (Lipinski definition) is 1. The first kappa shape index (κ1) is 22.3. The molecule has 160 valence electrons. The van der Waals surface area contributed by atoms with Gasteiger partial charge in [0.25, 0.3) is 15.9 Å². The molecule has 0 saturated heterocycles. The summed E-state index contributed by atoms with van der Waals surface area (Å²) < 4.78 is 32.5. The number of benzene rings is 3. The average Bonchev–Trinajstić information content (AvgIpc) is 2.79. The fourth-order valence-corrected chi connectivity index (χ4v) is 4.46. The fraction of sp³-hybridized carbons (Fsp3) is 0.0909. The Morgan fingerprint density at radius 3 is 2.32 bits per heavy atom. The molecule has 31 heavy (non-hydrogen) atoms. The van der Waals surface area contributed by atoms with Crippen LogP contribution in [0.2, 0.25) is 5.02 Å². The predicted octanol–water partition coefficient (Wildman–Crippen LogP) is 3.69. The fourth-order valence-electron chi connectivity index (χ4n) is 2.71. The third kappa shape index (κ3) is 5.62. The van der Waals surface area contributed by atoms with Gasteiger partial charge in [-0.05, 0) is 54.1 Å². The minimum absolute atomic E-state index is 0.0458. The van der Waals surface area contributed by atoms with Crippen molar-refractivity contribution in [3.05, 3.63) is 89.4 Å². The zero-order valence-corrected chi connectivity index (χ0v) is 18.2. The van der Waals surface area contributed by atoms with E-state index in [4.69, 9.17) is 16.3 Å². The highest BCUT2D eigenvalue weighted by molar-refractivity contribution is 7.92. The average molecular weight is 458 g/mol. The number of ether oxygens (including phenoxy) is 1. The zero-order chi connectivity index (χ0) is 22.3. The van der Waals surface area contributed by atoms with Gasteiger partial charge in [-0.25, -0.2) is 13.8 Å². The highest BCUT2D eigenvalue weighted by atomic mass is 35.5. The third-order valence-electron chi connectivity index (χ3n) is 4.26. The van der Waals surface area contributed by atoms with Crippen molar-refractivity contribution in [2.75, 3.05) is 18.0 Å². The van der Waals surface area contributed by atoms with Crippen LogP contribution in [0.25, 0.3) is 0 Å². The summed E-state index contributed by atoms with van der Waals surface area (Å²) in [5.41, 5.74) is 3.29. The lowest BCUT2D eigenvalue weighted by atomic mass is 10.2. The van der Waals surface area contributed by atoms with Crippen LogP contribution in [0.15, 0.2) is 88.9 Å². The molecule has 0 spiro atoms. The number of rotatable bonds is 8. The number of halogens is 1. The molecule has 9 heteroatoms. The molecule has 3 aromatic carbocycles. The van der Waals surface area contributed by atoms with Crippen molar-refractivity contribution in [3.63, 3.8) is 0 Å².